The third-order valence-electron chi connectivity index (χ3n) is 4.29. The highest BCUT2D eigenvalue weighted by atomic mass is 16.1. The topological polar surface area (TPSA) is 58.9 Å². The van der Waals surface area contributed by atoms with Crippen molar-refractivity contribution < 1.29 is 9.59 Å². The maximum absolute atomic E-state index is 10.6. The molecule has 0 bridgehead atoms. The lowest BCUT2D eigenvalue weighted by molar-refractivity contribution is 0.307. The van der Waals surface area contributed by atoms with Crippen molar-refractivity contribution >= 4 is 17.8 Å². The van der Waals surface area contributed by atoms with Crippen molar-refractivity contribution in [2.75, 3.05) is 0 Å². The molecule has 1 aliphatic carbocycles. The summed E-state index contributed by atoms with van der Waals surface area (Å²) >= 11 is 0. The Kier molecular flexibility index (Phi) is 5.21. The van der Waals surface area contributed by atoms with Crippen LogP contribution in [0.2, 0.25) is 0 Å². The Morgan fingerprint density at radius 3 is 2.38 bits per heavy atom. The number of carbonyl (C=O) groups excluding carboxylic acids is 2. The van der Waals surface area contributed by atoms with Crippen LogP contribution in [-0.4, -0.2) is 18.2 Å². The van der Waals surface area contributed by atoms with E-state index < -0.39 is 0 Å². The number of aliphatic imine (C=N–C) groups is 2. The molecule has 1 saturated carbocycles. The number of benzene rings is 1. The van der Waals surface area contributed by atoms with Crippen LogP contribution in [0.1, 0.15) is 42.4 Å². The number of hydrogen-bond acceptors (Lipinski definition) is 4. The summed E-state index contributed by atoms with van der Waals surface area (Å²) in [6.45, 7) is 3.91. The van der Waals surface area contributed by atoms with Crippen LogP contribution in [-0.2, 0) is 16.0 Å². The number of aryl methyl sites for hydroxylation is 2. The Balaban J connectivity index is 2.22. The normalized spacial score (nSPS) is 21.2. The lowest BCUT2D eigenvalue weighted by Crippen LogP contribution is -2.25. The maximum atomic E-state index is 10.6. The van der Waals surface area contributed by atoms with Gasteiger partial charge >= 0.3 is 0 Å². The molecule has 110 valence electrons. The second kappa shape index (κ2) is 7.12. The SMILES string of the molecule is Cc1cc(CC2CCCCC2N=C=O)cc(C)c1N=C=O. The Hall–Kier alpha value is -2.02. The minimum atomic E-state index is 0.101. The predicted molar refractivity (Wildman–Crippen MR) is 81.3 cm³/mol. The fraction of sp³-hybridized carbons (Fsp3) is 0.529. The van der Waals surface area contributed by atoms with Gasteiger partial charge in [-0.2, -0.15) is 4.99 Å². The zero-order valence-corrected chi connectivity index (χ0v) is 12.6. The molecule has 0 aliphatic heterocycles. The Bertz CT molecular complexity index is 588. The summed E-state index contributed by atoms with van der Waals surface area (Å²) in [4.78, 5) is 28.8. The lowest BCUT2D eigenvalue weighted by atomic mass is 9.80. The molecule has 1 aromatic rings. The molecular formula is C17H20N2O2. The quantitative estimate of drug-likeness (QED) is 0.625. The second-order valence-corrected chi connectivity index (χ2v) is 5.82. The Morgan fingerprint density at radius 1 is 1.10 bits per heavy atom. The highest BCUT2D eigenvalue weighted by Gasteiger charge is 2.25. The number of nitrogens with zero attached hydrogens (tertiary/aromatic N) is 2. The first kappa shape index (κ1) is 15.4. The van der Waals surface area contributed by atoms with Crippen LogP contribution in [0, 0.1) is 19.8 Å². The zero-order chi connectivity index (χ0) is 15.2. The van der Waals surface area contributed by atoms with Gasteiger partial charge in [-0.1, -0.05) is 25.0 Å². The van der Waals surface area contributed by atoms with Gasteiger partial charge in [-0.05, 0) is 55.7 Å². The maximum Gasteiger partial charge on any atom is 0.240 e. The summed E-state index contributed by atoms with van der Waals surface area (Å²) in [5, 5.41) is 0. The van der Waals surface area contributed by atoms with E-state index in [4.69, 9.17) is 0 Å². The van der Waals surface area contributed by atoms with Crippen molar-refractivity contribution in [3.63, 3.8) is 0 Å². The van der Waals surface area contributed by atoms with Gasteiger partial charge in [-0.25, -0.2) is 14.6 Å². The summed E-state index contributed by atoms with van der Waals surface area (Å²) in [5.41, 5.74) is 3.90. The van der Waals surface area contributed by atoms with E-state index in [1.165, 1.54) is 12.0 Å². The molecule has 4 nitrogen and oxygen atoms in total. The van der Waals surface area contributed by atoms with Gasteiger partial charge < -0.3 is 0 Å². The van der Waals surface area contributed by atoms with E-state index >= 15 is 0 Å². The molecule has 1 aromatic carbocycles. The molecule has 2 rings (SSSR count). The van der Waals surface area contributed by atoms with E-state index in [0.717, 1.165) is 36.8 Å². The molecule has 0 amide bonds. The monoisotopic (exact) mass is 284 g/mol. The molecule has 4 heteroatoms. The van der Waals surface area contributed by atoms with Gasteiger partial charge in [0.15, 0.2) is 0 Å². The average molecular weight is 284 g/mol. The first-order valence-electron chi connectivity index (χ1n) is 7.40. The molecule has 2 atom stereocenters. The minimum Gasteiger partial charge on any atom is -0.211 e. The third-order valence-corrected chi connectivity index (χ3v) is 4.29. The zero-order valence-electron chi connectivity index (χ0n) is 12.6. The minimum absolute atomic E-state index is 0.101. The van der Waals surface area contributed by atoms with Crippen LogP contribution < -0.4 is 0 Å². The van der Waals surface area contributed by atoms with E-state index in [1.54, 1.807) is 12.2 Å². The summed E-state index contributed by atoms with van der Waals surface area (Å²) in [6.07, 6.45) is 8.64. The summed E-state index contributed by atoms with van der Waals surface area (Å²) in [7, 11) is 0. The second-order valence-electron chi connectivity index (χ2n) is 5.82. The standard InChI is InChI=1S/C17H20N2O2/c1-12-7-14(8-13(2)17(12)19-11-21)9-15-5-3-4-6-16(15)18-10-20/h7-8,15-16H,3-6,9H2,1-2H3. The molecule has 0 spiro atoms. The highest BCUT2D eigenvalue weighted by molar-refractivity contribution is 5.59. The van der Waals surface area contributed by atoms with Crippen molar-refractivity contribution in [2.24, 2.45) is 15.9 Å². The Morgan fingerprint density at radius 2 is 1.76 bits per heavy atom. The Labute approximate surface area is 125 Å². The van der Waals surface area contributed by atoms with Crippen molar-refractivity contribution in [1.82, 2.24) is 0 Å². The number of isocyanates is 2. The van der Waals surface area contributed by atoms with Gasteiger partial charge in [0.2, 0.25) is 12.2 Å². The predicted octanol–water partition coefficient (Wildman–Crippen LogP) is 3.71. The van der Waals surface area contributed by atoms with E-state index in [9.17, 15) is 9.59 Å². The van der Waals surface area contributed by atoms with Crippen molar-refractivity contribution in [3.8, 4) is 0 Å². The van der Waals surface area contributed by atoms with Crippen LogP contribution in [0.3, 0.4) is 0 Å². The summed E-state index contributed by atoms with van der Waals surface area (Å²) in [6, 6.07) is 4.24. The van der Waals surface area contributed by atoms with Gasteiger partial charge in [-0.15, -0.1) is 0 Å². The molecule has 0 heterocycles. The van der Waals surface area contributed by atoms with Crippen LogP contribution in [0.15, 0.2) is 22.1 Å². The molecule has 0 aromatic heterocycles. The molecule has 0 saturated heterocycles. The molecule has 1 aliphatic rings. The van der Waals surface area contributed by atoms with E-state index in [-0.39, 0.29) is 6.04 Å². The lowest BCUT2D eigenvalue weighted by Gasteiger charge is -2.28. The van der Waals surface area contributed by atoms with Crippen LogP contribution in [0.25, 0.3) is 0 Å². The highest BCUT2D eigenvalue weighted by Crippen LogP contribution is 2.32. The first-order valence-corrected chi connectivity index (χ1v) is 7.40. The third kappa shape index (κ3) is 3.75. The molecule has 0 N–H and O–H groups in total. The van der Waals surface area contributed by atoms with Crippen molar-refractivity contribution in [2.45, 2.75) is 52.0 Å². The fourth-order valence-electron chi connectivity index (χ4n) is 3.35. The van der Waals surface area contributed by atoms with Crippen molar-refractivity contribution in [1.29, 1.82) is 0 Å². The van der Waals surface area contributed by atoms with E-state index in [2.05, 4.69) is 22.1 Å². The molecular weight excluding hydrogens is 264 g/mol. The van der Waals surface area contributed by atoms with E-state index in [1.807, 2.05) is 13.8 Å². The molecule has 0 radical (unpaired) electrons. The van der Waals surface area contributed by atoms with Crippen LogP contribution >= 0.6 is 0 Å². The average Bonchev–Trinajstić information content (AvgIpc) is 2.45. The van der Waals surface area contributed by atoms with Crippen LogP contribution in [0.5, 0.6) is 0 Å². The first-order chi connectivity index (χ1) is 10.2. The molecule has 2 unspecified atom stereocenters. The van der Waals surface area contributed by atoms with Crippen LogP contribution in [0.4, 0.5) is 5.69 Å². The summed E-state index contributed by atoms with van der Waals surface area (Å²) in [5.74, 6) is 0.402. The fourth-order valence-corrected chi connectivity index (χ4v) is 3.35. The van der Waals surface area contributed by atoms with Gasteiger partial charge in [0.1, 0.15) is 0 Å². The van der Waals surface area contributed by atoms with Gasteiger partial charge in [-0.3, -0.25) is 0 Å². The summed E-state index contributed by atoms with van der Waals surface area (Å²) < 4.78 is 0. The van der Waals surface area contributed by atoms with Gasteiger partial charge in [0, 0.05) is 0 Å². The van der Waals surface area contributed by atoms with Gasteiger partial charge in [0.25, 0.3) is 0 Å². The molecule has 21 heavy (non-hydrogen) atoms. The number of hydrogen-bond donors (Lipinski definition) is 0. The molecule has 1 fully saturated rings. The smallest absolute Gasteiger partial charge is 0.211 e. The number of rotatable bonds is 4. The van der Waals surface area contributed by atoms with E-state index in [0.29, 0.717) is 11.6 Å². The largest absolute Gasteiger partial charge is 0.240 e. The van der Waals surface area contributed by atoms with Crippen molar-refractivity contribution in [3.05, 3.63) is 28.8 Å². The van der Waals surface area contributed by atoms with Gasteiger partial charge in [0.05, 0.1) is 11.7 Å².